The molecule has 23 heavy (non-hydrogen) atoms. The number of para-hydroxylation sites is 1. The first-order valence-electron chi connectivity index (χ1n) is 8.27. The Hall–Kier alpha value is -2.55. The third kappa shape index (κ3) is 2.15. The summed E-state index contributed by atoms with van der Waals surface area (Å²) >= 11 is 0. The number of hydrogen-bond acceptors (Lipinski definition) is 1. The van der Waals surface area contributed by atoms with Gasteiger partial charge in [0.15, 0.2) is 0 Å². The number of aromatic nitrogens is 1. The predicted octanol–water partition coefficient (Wildman–Crippen LogP) is 4.81. The molecule has 1 aliphatic rings. The van der Waals surface area contributed by atoms with Gasteiger partial charge in [0.05, 0.1) is 17.3 Å². The lowest BCUT2D eigenvalue weighted by molar-refractivity contribution is 0.201. The van der Waals surface area contributed by atoms with E-state index in [1.807, 2.05) is 45.9 Å². The summed E-state index contributed by atoms with van der Waals surface area (Å²) in [6.45, 7) is 2.96. The van der Waals surface area contributed by atoms with Crippen LogP contribution in [-0.2, 0) is 0 Å². The highest BCUT2D eigenvalue weighted by molar-refractivity contribution is 5.96. The zero-order valence-electron chi connectivity index (χ0n) is 13.3. The molecular weight excluding hydrogens is 284 g/mol. The van der Waals surface area contributed by atoms with Crippen molar-refractivity contribution in [1.82, 2.24) is 9.47 Å². The molecule has 0 aliphatic carbocycles. The van der Waals surface area contributed by atoms with Crippen LogP contribution in [0.5, 0.6) is 0 Å². The van der Waals surface area contributed by atoms with Gasteiger partial charge in [0.25, 0.3) is 0 Å². The van der Waals surface area contributed by atoms with Crippen molar-refractivity contribution in [2.24, 2.45) is 0 Å². The molecule has 0 spiro atoms. The van der Waals surface area contributed by atoms with Gasteiger partial charge in [-0.25, -0.2) is 4.79 Å². The van der Waals surface area contributed by atoms with E-state index in [4.69, 9.17) is 0 Å². The molecule has 3 aromatic rings. The van der Waals surface area contributed by atoms with Crippen LogP contribution in [-0.4, -0.2) is 22.0 Å². The van der Waals surface area contributed by atoms with Crippen molar-refractivity contribution in [2.75, 3.05) is 6.54 Å². The van der Waals surface area contributed by atoms with Gasteiger partial charge in [-0.2, -0.15) is 0 Å². The molecule has 1 unspecified atom stereocenters. The maximum atomic E-state index is 13.1. The van der Waals surface area contributed by atoms with Crippen LogP contribution in [0, 0.1) is 0 Å². The summed E-state index contributed by atoms with van der Waals surface area (Å²) in [4.78, 5) is 15.1. The van der Waals surface area contributed by atoms with Crippen LogP contribution in [0.1, 0.15) is 37.1 Å². The van der Waals surface area contributed by atoms with Gasteiger partial charge in [0, 0.05) is 11.9 Å². The number of amides is 1. The average molecular weight is 304 g/mol. The van der Waals surface area contributed by atoms with Gasteiger partial charge in [-0.15, -0.1) is 0 Å². The minimum Gasteiger partial charge on any atom is -0.311 e. The summed E-state index contributed by atoms with van der Waals surface area (Å²) < 4.78 is 1.89. The van der Waals surface area contributed by atoms with Crippen LogP contribution in [0.25, 0.3) is 10.9 Å². The molecule has 0 saturated heterocycles. The lowest BCUT2D eigenvalue weighted by Crippen LogP contribution is -2.31. The van der Waals surface area contributed by atoms with Crippen LogP contribution in [0.3, 0.4) is 0 Å². The molecule has 1 aromatic heterocycles. The zero-order valence-corrected chi connectivity index (χ0v) is 13.3. The van der Waals surface area contributed by atoms with Crippen molar-refractivity contribution in [2.45, 2.75) is 25.8 Å². The standard InChI is InChI=1S/C20H20N2O/c1-2-3-13-21-19(15-9-5-4-6-10-15)18-14-16-11-7-8-12-17(16)22(18)20(21)23/h4-12,14,19H,2-3,13H2,1H3. The number of benzene rings is 2. The number of hydrogen-bond donors (Lipinski definition) is 0. The van der Waals surface area contributed by atoms with E-state index in [0.717, 1.165) is 36.0 Å². The molecule has 4 rings (SSSR count). The quantitative estimate of drug-likeness (QED) is 0.678. The highest BCUT2D eigenvalue weighted by Gasteiger charge is 2.38. The van der Waals surface area contributed by atoms with Crippen molar-refractivity contribution in [3.63, 3.8) is 0 Å². The van der Waals surface area contributed by atoms with Gasteiger partial charge in [-0.05, 0) is 24.1 Å². The minimum atomic E-state index is 0.0163. The van der Waals surface area contributed by atoms with E-state index < -0.39 is 0 Å². The Labute approximate surface area is 136 Å². The Morgan fingerprint density at radius 2 is 1.74 bits per heavy atom. The number of unbranched alkanes of at least 4 members (excludes halogenated alkanes) is 1. The SMILES string of the molecule is CCCCN1C(=O)n2c(cc3ccccc32)C1c1ccccc1. The highest BCUT2D eigenvalue weighted by Crippen LogP contribution is 2.39. The first kappa shape index (κ1) is 14.1. The van der Waals surface area contributed by atoms with E-state index in [-0.39, 0.29) is 12.1 Å². The van der Waals surface area contributed by atoms with E-state index in [1.54, 1.807) is 0 Å². The fourth-order valence-electron chi connectivity index (χ4n) is 3.53. The van der Waals surface area contributed by atoms with E-state index >= 15 is 0 Å². The third-order valence-corrected chi connectivity index (χ3v) is 4.64. The van der Waals surface area contributed by atoms with E-state index in [2.05, 4.69) is 31.2 Å². The molecule has 2 aromatic carbocycles. The second-order valence-electron chi connectivity index (χ2n) is 6.11. The Morgan fingerprint density at radius 3 is 2.52 bits per heavy atom. The summed E-state index contributed by atoms with van der Waals surface area (Å²) in [5, 5.41) is 1.13. The van der Waals surface area contributed by atoms with Crippen molar-refractivity contribution < 1.29 is 4.79 Å². The van der Waals surface area contributed by atoms with Crippen LogP contribution >= 0.6 is 0 Å². The molecule has 3 nitrogen and oxygen atoms in total. The summed E-state index contributed by atoms with van der Waals surface area (Å²) in [5.74, 6) is 0. The number of fused-ring (bicyclic) bond motifs is 3. The molecule has 1 aliphatic heterocycles. The monoisotopic (exact) mass is 304 g/mol. The zero-order chi connectivity index (χ0) is 15.8. The second-order valence-corrected chi connectivity index (χ2v) is 6.11. The Kier molecular flexibility index (Phi) is 3.41. The van der Waals surface area contributed by atoms with Crippen molar-refractivity contribution >= 4 is 16.9 Å². The average Bonchev–Trinajstić information content (AvgIpc) is 3.09. The summed E-state index contributed by atoms with van der Waals surface area (Å²) in [6.07, 6.45) is 2.11. The van der Waals surface area contributed by atoms with E-state index in [1.165, 1.54) is 5.56 Å². The maximum Gasteiger partial charge on any atom is 0.329 e. The lowest BCUT2D eigenvalue weighted by Gasteiger charge is -2.24. The van der Waals surface area contributed by atoms with Gasteiger partial charge in [0.1, 0.15) is 0 Å². The Balaban J connectivity index is 1.89. The van der Waals surface area contributed by atoms with E-state index in [0.29, 0.717) is 0 Å². The third-order valence-electron chi connectivity index (χ3n) is 4.64. The van der Waals surface area contributed by atoms with Crippen LogP contribution < -0.4 is 0 Å². The maximum absolute atomic E-state index is 13.1. The molecule has 2 heterocycles. The topological polar surface area (TPSA) is 25.2 Å². The number of nitrogens with zero attached hydrogens (tertiary/aromatic N) is 2. The smallest absolute Gasteiger partial charge is 0.311 e. The molecule has 3 heteroatoms. The predicted molar refractivity (Wildman–Crippen MR) is 92.6 cm³/mol. The fraction of sp³-hybridized carbons (Fsp3) is 0.250. The van der Waals surface area contributed by atoms with Gasteiger partial charge in [-0.1, -0.05) is 61.9 Å². The van der Waals surface area contributed by atoms with Crippen LogP contribution in [0.4, 0.5) is 4.79 Å². The lowest BCUT2D eigenvalue weighted by atomic mass is 10.0. The molecule has 0 radical (unpaired) electrons. The molecule has 0 saturated carbocycles. The van der Waals surface area contributed by atoms with Gasteiger partial charge in [-0.3, -0.25) is 4.57 Å². The Morgan fingerprint density at radius 1 is 1.00 bits per heavy atom. The molecule has 1 atom stereocenters. The highest BCUT2D eigenvalue weighted by atomic mass is 16.2. The van der Waals surface area contributed by atoms with Crippen molar-refractivity contribution in [3.05, 3.63) is 71.9 Å². The summed E-state index contributed by atoms with van der Waals surface area (Å²) in [6, 6.07) is 20.7. The second kappa shape index (κ2) is 5.58. The van der Waals surface area contributed by atoms with Crippen molar-refractivity contribution in [1.29, 1.82) is 0 Å². The number of carbonyl (C=O) groups is 1. The largest absolute Gasteiger partial charge is 0.329 e. The minimum absolute atomic E-state index is 0.0163. The van der Waals surface area contributed by atoms with E-state index in [9.17, 15) is 4.79 Å². The molecule has 0 fully saturated rings. The number of carbonyl (C=O) groups excluding carboxylic acids is 1. The number of rotatable bonds is 4. The molecule has 1 amide bonds. The first-order valence-corrected chi connectivity index (χ1v) is 8.27. The van der Waals surface area contributed by atoms with Gasteiger partial charge < -0.3 is 4.90 Å². The summed E-state index contributed by atoms with van der Waals surface area (Å²) in [5.41, 5.74) is 3.27. The van der Waals surface area contributed by atoms with Gasteiger partial charge >= 0.3 is 6.03 Å². The van der Waals surface area contributed by atoms with Crippen LogP contribution in [0.2, 0.25) is 0 Å². The normalized spacial score (nSPS) is 17.0. The molecule has 0 bridgehead atoms. The molecule has 116 valence electrons. The summed E-state index contributed by atoms with van der Waals surface area (Å²) in [7, 11) is 0. The Bertz CT molecular complexity index is 850. The van der Waals surface area contributed by atoms with Gasteiger partial charge in [0.2, 0.25) is 0 Å². The molecular formula is C20H20N2O. The molecule has 0 N–H and O–H groups in total. The van der Waals surface area contributed by atoms with Crippen LogP contribution in [0.15, 0.2) is 60.7 Å². The first-order chi connectivity index (χ1) is 11.3. The fourth-order valence-corrected chi connectivity index (χ4v) is 3.53. The van der Waals surface area contributed by atoms with Crippen molar-refractivity contribution in [3.8, 4) is 0 Å².